The highest BCUT2D eigenvalue weighted by Crippen LogP contribution is 2.43. The number of amides is 1. The van der Waals surface area contributed by atoms with Crippen LogP contribution in [-0.4, -0.2) is 38.9 Å². The Kier molecular flexibility index (Phi) is 5.47. The molecule has 2 aromatic carbocycles. The van der Waals surface area contributed by atoms with Crippen LogP contribution in [0.4, 0.5) is 5.95 Å². The number of benzene rings is 2. The van der Waals surface area contributed by atoms with Crippen molar-refractivity contribution in [3.63, 3.8) is 0 Å². The molecule has 0 aliphatic carbocycles. The first-order chi connectivity index (χ1) is 16.4. The number of ether oxygens (including phenoxy) is 1. The molecule has 1 saturated heterocycles. The molecule has 170 valence electrons. The van der Waals surface area contributed by atoms with Gasteiger partial charge in [-0.15, -0.1) is 0 Å². The SMILES string of the molecule is COc1c(Cl)cc(/C(O)=C2\C(=O)C(=O)N(c3nc4ccccc4[nH]3)C2c2cccnc2)cc1Cl. The quantitative estimate of drug-likeness (QED) is 0.237. The van der Waals surface area contributed by atoms with E-state index in [2.05, 4.69) is 15.0 Å². The Hall–Kier alpha value is -3.88. The number of fused-ring (bicyclic) bond motifs is 1. The molecule has 1 aliphatic heterocycles. The molecule has 1 atom stereocenters. The maximum Gasteiger partial charge on any atom is 0.302 e. The van der Waals surface area contributed by atoms with Crippen LogP contribution in [0.1, 0.15) is 17.2 Å². The molecule has 4 aromatic rings. The molecule has 0 spiro atoms. The van der Waals surface area contributed by atoms with Gasteiger partial charge in [0.15, 0.2) is 5.75 Å². The zero-order chi connectivity index (χ0) is 24.0. The van der Waals surface area contributed by atoms with Gasteiger partial charge in [-0.1, -0.05) is 41.4 Å². The lowest BCUT2D eigenvalue weighted by molar-refractivity contribution is -0.132. The third-order valence-electron chi connectivity index (χ3n) is 5.53. The number of rotatable bonds is 4. The summed E-state index contributed by atoms with van der Waals surface area (Å²) in [6.07, 6.45) is 3.09. The Morgan fingerprint density at radius 1 is 1.12 bits per heavy atom. The van der Waals surface area contributed by atoms with Crippen LogP contribution in [0.5, 0.6) is 5.75 Å². The number of methoxy groups -OCH3 is 1. The standard InChI is InChI=1S/C24H16Cl2N4O4/c1-34-22-14(25)9-13(10-15(22)26)20(31)18-19(12-5-4-8-27-11-12)30(23(33)21(18)32)24-28-16-6-2-3-7-17(16)29-24/h2-11,19,31H,1H3,(H,28,29)/b20-18+. The number of halogens is 2. The number of imidazole rings is 1. The third kappa shape index (κ3) is 3.48. The van der Waals surface area contributed by atoms with Crippen molar-refractivity contribution in [1.82, 2.24) is 15.0 Å². The van der Waals surface area contributed by atoms with E-state index in [1.165, 1.54) is 30.3 Å². The summed E-state index contributed by atoms with van der Waals surface area (Å²) in [6.45, 7) is 0. The van der Waals surface area contributed by atoms with Crippen molar-refractivity contribution in [2.75, 3.05) is 12.0 Å². The van der Waals surface area contributed by atoms with E-state index < -0.39 is 23.5 Å². The Bertz CT molecular complexity index is 1430. The number of anilines is 1. The van der Waals surface area contributed by atoms with Gasteiger partial charge in [0, 0.05) is 18.0 Å². The van der Waals surface area contributed by atoms with Crippen LogP contribution < -0.4 is 9.64 Å². The number of para-hydroxylation sites is 2. The number of H-pyrrole nitrogens is 1. The predicted octanol–water partition coefficient (Wildman–Crippen LogP) is 4.90. The Balaban J connectivity index is 1.73. The molecule has 5 rings (SSSR count). The number of aliphatic hydroxyl groups is 1. The summed E-state index contributed by atoms with van der Waals surface area (Å²) in [5.74, 6) is -1.76. The topological polar surface area (TPSA) is 108 Å². The number of carbonyl (C=O) groups excluding carboxylic acids is 2. The maximum absolute atomic E-state index is 13.2. The van der Waals surface area contributed by atoms with Crippen LogP contribution in [0, 0.1) is 0 Å². The summed E-state index contributed by atoms with van der Waals surface area (Å²) in [4.78, 5) is 39.4. The molecule has 1 unspecified atom stereocenters. The molecule has 10 heteroatoms. The van der Waals surface area contributed by atoms with Crippen LogP contribution >= 0.6 is 23.2 Å². The number of Topliss-reactive ketones (excluding diaryl/α,β-unsaturated/α-hetero) is 1. The fraction of sp³-hybridized carbons (Fsp3) is 0.0833. The van der Waals surface area contributed by atoms with Crippen LogP contribution in [0.2, 0.25) is 10.0 Å². The van der Waals surface area contributed by atoms with Gasteiger partial charge in [-0.3, -0.25) is 19.5 Å². The van der Waals surface area contributed by atoms with Crippen LogP contribution in [0.25, 0.3) is 16.8 Å². The molecule has 3 heterocycles. The van der Waals surface area contributed by atoms with Crippen LogP contribution in [0.15, 0.2) is 66.5 Å². The average molecular weight is 495 g/mol. The van der Waals surface area contributed by atoms with Gasteiger partial charge in [0.25, 0.3) is 5.78 Å². The van der Waals surface area contributed by atoms with E-state index in [1.807, 2.05) is 18.2 Å². The molecule has 34 heavy (non-hydrogen) atoms. The molecule has 8 nitrogen and oxygen atoms in total. The summed E-state index contributed by atoms with van der Waals surface area (Å²) in [5, 5.41) is 11.5. The monoisotopic (exact) mass is 494 g/mol. The van der Waals surface area contributed by atoms with Gasteiger partial charge in [0.2, 0.25) is 5.95 Å². The number of ketones is 1. The van der Waals surface area contributed by atoms with Crippen LogP contribution in [-0.2, 0) is 9.59 Å². The highest BCUT2D eigenvalue weighted by molar-refractivity contribution is 6.51. The zero-order valence-corrected chi connectivity index (χ0v) is 19.1. The van der Waals surface area contributed by atoms with Gasteiger partial charge in [-0.05, 0) is 35.9 Å². The predicted molar refractivity (Wildman–Crippen MR) is 128 cm³/mol. The number of hydrogen-bond acceptors (Lipinski definition) is 6. The number of nitrogens with one attached hydrogen (secondary N) is 1. The molecular weight excluding hydrogens is 479 g/mol. The molecule has 0 radical (unpaired) electrons. The van der Waals surface area contributed by atoms with Crippen LogP contribution in [0.3, 0.4) is 0 Å². The van der Waals surface area contributed by atoms with Gasteiger partial charge >= 0.3 is 5.91 Å². The van der Waals surface area contributed by atoms with Gasteiger partial charge in [-0.25, -0.2) is 4.98 Å². The van der Waals surface area contributed by atoms with Crippen molar-refractivity contribution >= 4 is 57.6 Å². The highest BCUT2D eigenvalue weighted by atomic mass is 35.5. The molecule has 1 fully saturated rings. The number of aliphatic hydroxyl groups excluding tert-OH is 1. The van der Waals surface area contributed by atoms with Crippen molar-refractivity contribution < 1.29 is 19.4 Å². The van der Waals surface area contributed by atoms with E-state index >= 15 is 0 Å². The van der Waals surface area contributed by atoms with E-state index in [9.17, 15) is 14.7 Å². The first kappa shape index (κ1) is 21.9. The Morgan fingerprint density at radius 3 is 2.50 bits per heavy atom. The highest BCUT2D eigenvalue weighted by Gasteiger charge is 2.48. The third-order valence-corrected chi connectivity index (χ3v) is 6.09. The summed E-state index contributed by atoms with van der Waals surface area (Å²) in [5.41, 5.74) is 1.84. The summed E-state index contributed by atoms with van der Waals surface area (Å²) >= 11 is 12.5. The van der Waals surface area contributed by atoms with Crippen molar-refractivity contribution in [3.05, 3.63) is 87.7 Å². The molecule has 2 aromatic heterocycles. The normalized spacial score (nSPS) is 17.5. The van der Waals surface area contributed by atoms with E-state index in [0.29, 0.717) is 16.6 Å². The number of pyridine rings is 1. The van der Waals surface area contributed by atoms with Gasteiger partial charge < -0.3 is 14.8 Å². The lowest BCUT2D eigenvalue weighted by atomic mass is 9.96. The van der Waals surface area contributed by atoms with Crippen molar-refractivity contribution in [1.29, 1.82) is 0 Å². The molecule has 0 saturated carbocycles. The number of nitrogens with zero attached hydrogens (tertiary/aromatic N) is 3. The Labute approximate surface area is 203 Å². The molecule has 1 aliphatic rings. The fourth-order valence-electron chi connectivity index (χ4n) is 4.00. The number of hydrogen-bond donors (Lipinski definition) is 2. The fourth-order valence-corrected chi connectivity index (χ4v) is 4.65. The minimum Gasteiger partial charge on any atom is -0.507 e. The average Bonchev–Trinajstić information content (AvgIpc) is 3.37. The second-order valence-corrected chi connectivity index (χ2v) is 8.32. The Morgan fingerprint density at radius 2 is 1.85 bits per heavy atom. The molecule has 2 N–H and O–H groups in total. The van der Waals surface area contributed by atoms with E-state index in [0.717, 1.165) is 0 Å². The summed E-state index contributed by atoms with van der Waals surface area (Å²) < 4.78 is 5.16. The largest absolute Gasteiger partial charge is 0.507 e. The lowest BCUT2D eigenvalue weighted by Crippen LogP contribution is -2.30. The smallest absolute Gasteiger partial charge is 0.302 e. The van der Waals surface area contributed by atoms with Crippen molar-refractivity contribution in [3.8, 4) is 5.75 Å². The van der Waals surface area contributed by atoms with Gasteiger partial charge in [-0.2, -0.15) is 0 Å². The number of aromatic nitrogens is 3. The van der Waals surface area contributed by atoms with Crippen molar-refractivity contribution in [2.45, 2.75) is 6.04 Å². The zero-order valence-electron chi connectivity index (χ0n) is 17.6. The molecule has 1 amide bonds. The first-order valence-electron chi connectivity index (χ1n) is 10.1. The summed E-state index contributed by atoms with van der Waals surface area (Å²) in [6, 6.07) is 12.5. The van der Waals surface area contributed by atoms with E-state index in [1.54, 1.807) is 24.4 Å². The van der Waals surface area contributed by atoms with Gasteiger partial charge in [0.05, 0.1) is 39.8 Å². The number of aromatic amines is 1. The van der Waals surface area contributed by atoms with Crippen molar-refractivity contribution in [2.24, 2.45) is 0 Å². The van der Waals surface area contributed by atoms with Gasteiger partial charge in [0.1, 0.15) is 5.76 Å². The minimum absolute atomic E-state index is 0.140. The minimum atomic E-state index is -0.992. The molecule has 0 bridgehead atoms. The number of carbonyl (C=O) groups is 2. The molecular formula is C24H16Cl2N4O4. The second-order valence-electron chi connectivity index (χ2n) is 7.51. The maximum atomic E-state index is 13.2. The summed E-state index contributed by atoms with van der Waals surface area (Å²) in [7, 11) is 1.41. The second kappa shape index (κ2) is 8.48. The van der Waals surface area contributed by atoms with E-state index in [4.69, 9.17) is 27.9 Å². The first-order valence-corrected chi connectivity index (χ1v) is 10.9. The van der Waals surface area contributed by atoms with E-state index in [-0.39, 0.29) is 32.9 Å². The lowest BCUT2D eigenvalue weighted by Gasteiger charge is -2.22.